The van der Waals surface area contributed by atoms with E-state index in [0.717, 1.165) is 23.7 Å². The maximum Gasteiger partial charge on any atom is 0.0426 e. The number of nitrogens with zero attached hydrogens (tertiary/aromatic N) is 1. The van der Waals surface area contributed by atoms with Gasteiger partial charge in [-0.1, -0.05) is 17.7 Å². The molecule has 0 radical (unpaired) electrons. The average Bonchev–Trinajstić information content (AvgIpc) is 2.39. The molecule has 0 amide bonds. The summed E-state index contributed by atoms with van der Waals surface area (Å²) in [5, 5.41) is 4.19. The van der Waals surface area contributed by atoms with E-state index < -0.39 is 0 Å². The highest BCUT2D eigenvalue weighted by atomic mass is 35.5. The van der Waals surface area contributed by atoms with Crippen LogP contribution in [0.4, 0.5) is 5.69 Å². The Morgan fingerprint density at radius 2 is 2.00 bits per heavy atom. The van der Waals surface area contributed by atoms with Crippen LogP contribution in [0.3, 0.4) is 0 Å². The van der Waals surface area contributed by atoms with Gasteiger partial charge < -0.3 is 5.32 Å². The molecule has 0 aliphatic carbocycles. The summed E-state index contributed by atoms with van der Waals surface area (Å²) in [4.78, 5) is 4.07. The molecule has 2 heterocycles. The number of hydrogen-bond donors (Lipinski definition) is 1. The number of aromatic nitrogens is 1. The van der Waals surface area contributed by atoms with Gasteiger partial charge in [0.25, 0.3) is 0 Å². The molecule has 2 nitrogen and oxygen atoms in total. The number of benzene rings is 1. The fraction of sp³-hybridized carbons (Fsp3) is 0.214. The highest BCUT2D eigenvalue weighted by Gasteiger charge is 2.21. The summed E-state index contributed by atoms with van der Waals surface area (Å²) in [6.07, 6.45) is 4.82. The van der Waals surface area contributed by atoms with Gasteiger partial charge in [0.15, 0.2) is 0 Å². The van der Waals surface area contributed by atoms with Crippen LogP contribution < -0.4 is 5.32 Å². The second-order valence-electron chi connectivity index (χ2n) is 4.28. The van der Waals surface area contributed by atoms with E-state index in [1.165, 1.54) is 11.1 Å². The van der Waals surface area contributed by atoms with Crippen molar-refractivity contribution < 1.29 is 0 Å². The van der Waals surface area contributed by atoms with Crippen molar-refractivity contribution in [1.82, 2.24) is 4.98 Å². The highest BCUT2D eigenvalue weighted by molar-refractivity contribution is 6.30. The summed E-state index contributed by atoms with van der Waals surface area (Å²) in [5.74, 6) is 0.450. The smallest absolute Gasteiger partial charge is 0.0426 e. The molecule has 0 saturated heterocycles. The quantitative estimate of drug-likeness (QED) is 0.828. The normalized spacial score (nSPS) is 18.3. The number of rotatable bonds is 1. The first-order chi connectivity index (χ1) is 8.34. The minimum absolute atomic E-state index is 0.450. The minimum Gasteiger partial charge on any atom is -0.385 e. The van der Waals surface area contributed by atoms with Gasteiger partial charge in [-0.15, -0.1) is 0 Å². The standard InChI is InChI=1S/C14H13ClN2/c15-11-1-2-13-12(5-8-17-14(13)9-11)10-3-6-16-7-4-10/h1-4,6-7,9,12,17H,5,8H2. The first kappa shape index (κ1) is 10.6. The maximum absolute atomic E-state index is 6.02. The van der Waals surface area contributed by atoms with Crippen molar-refractivity contribution in [3.8, 4) is 0 Å². The second kappa shape index (κ2) is 4.38. The van der Waals surface area contributed by atoms with E-state index in [1.54, 1.807) is 0 Å². The average molecular weight is 245 g/mol. The first-order valence-electron chi connectivity index (χ1n) is 5.78. The van der Waals surface area contributed by atoms with Crippen molar-refractivity contribution >= 4 is 17.3 Å². The molecule has 17 heavy (non-hydrogen) atoms. The largest absolute Gasteiger partial charge is 0.385 e. The predicted molar refractivity (Wildman–Crippen MR) is 70.6 cm³/mol. The molecular formula is C14H13ClN2. The van der Waals surface area contributed by atoms with Crippen LogP contribution in [-0.2, 0) is 0 Å². The molecule has 2 aromatic rings. The lowest BCUT2D eigenvalue weighted by Crippen LogP contribution is -2.17. The topological polar surface area (TPSA) is 24.9 Å². The minimum atomic E-state index is 0.450. The lowest BCUT2D eigenvalue weighted by molar-refractivity contribution is 0.719. The van der Waals surface area contributed by atoms with E-state index >= 15 is 0 Å². The Kier molecular flexibility index (Phi) is 2.73. The van der Waals surface area contributed by atoms with Gasteiger partial charge in [0, 0.05) is 35.6 Å². The number of anilines is 1. The Balaban J connectivity index is 2.06. The molecule has 1 aromatic heterocycles. The van der Waals surface area contributed by atoms with E-state index in [-0.39, 0.29) is 0 Å². The van der Waals surface area contributed by atoms with Crippen LogP contribution in [0.1, 0.15) is 23.5 Å². The summed E-state index contributed by atoms with van der Waals surface area (Å²) in [6, 6.07) is 10.3. The third-order valence-corrected chi connectivity index (χ3v) is 3.48. The van der Waals surface area contributed by atoms with Crippen molar-refractivity contribution in [2.24, 2.45) is 0 Å². The number of hydrogen-bond acceptors (Lipinski definition) is 2. The van der Waals surface area contributed by atoms with Crippen molar-refractivity contribution in [2.45, 2.75) is 12.3 Å². The highest BCUT2D eigenvalue weighted by Crippen LogP contribution is 2.37. The van der Waals surface area contributed by atoms with Gasteiger partial charge >= 0.3 is 0 Å². The van der Waals surface area contributed by atoms with Gasteiger partial charge in [-0.05, 0) is 41.8 Å². The monoisotopic (exact) mass is 244 g/mol. The van der Waals surface area contributed by atoms with Crippen molar-refractivity contribution in [2.75, 3.05) is 11.9 Å². The van der Waals surface area contributed by atoms with Gasteiger partial charge in [-0.2, -0.15) is 0 Å². The van der Waals surface area contributed by atoms with E-state index in [1.807, 2.05) is 24.5 Å². The molecule has 86 valence electrons. The molecule has 3 rings (SSSR count). The summed E-state index contributed by atoms with van der Waals surface area (Å²) < 4.78 is 0. The summed E-state index contributed by atoms with van der Waals surface area (Å²) in [7, 11) is 0. The van der Waals surface area contributed by atoms with Crippen LogP contribution in [0.5, 0.6) is 0 Å². The zero-order valence-electron chi connectivity index (χ0n) is 9.36. The van der Waals surface area contributed by atoms with Crippen LogP contribution >= 0.6 is 11.6 Å². The molecule has 1 aromatic carbocycles. The maximum atomic E-state index is 6.02. The molecule has 1 unspecified atom stereocenters. The van der Waals surface area contributed by atoms with Crippen molar-refractivity contribution in [1.29, 1.82) is 0 Å². The van der Waals surface area contributed by atoms with Gasteiger partial charge in [0.05, 0.1) is 0 Å². The number of fused-ring (bicyclic) bond motifs is 1. The van der Waals surface area contributed by atoms with Crippen LogP contribution in [0.2, 0.25) is 5.02 Å². The summed E-state index contributed by atoms with van der Waals surface area (Å²) in [5.41, 5.74) is 3.81. The molecule has 0 fully saturated rings. The van der Waals surface area contributed by atoms with E-state index in [9.17, 15) is 0 Å². The third-order valence-electron chi connectivity index (χ3n) is 3.25. The van der Waals surface area contributed by atoms with E-state index in [2.05, 4.69) is 28.5 Å². The summed E-state index contributed by atoms with van der Waals surface area (Å²) in [6.45, 7) is 0.986. The molecule has 1 aliphatic heterocycles. The Morgan fingerprint density at radius 1 is 1.18 bits per heavy atom. The van der Waals surface area contributed by atoms with Crippen molar-refractivity contribution in [3.05, 3.63) is 58.9 Å². The Morgan fingerprint density at radius 3 is 2.82 bits per heavy atom. The lowest BCUT2D eigenvalue weighted by atomic mass is 9.86. The molecule has 1 aliphatic rings. The Labute approximate surface area is 106 Å². The second-order valence-corrected chi connectivity index (χ2v) is 4.72. The van der Waals surface area contributed by atoms with Gasteiger partial charge in [-0.3, -0.25) is 4.98 Å². The fourth-order valence-electron chi connectivity index (χ4n) is 2.43. The number of nitrogens with one attached hydrogen (secondary N) is 1. The zero-order chi connectivity index (χ0) is 11.7. The van der Waals surface area contributed by atoms with Gasteiger partial charge in [0.2, 0.25) is 0 Å². The molecule has 1 N–H and O–H groups in total. The van der Waals surface area contributed by atoms with Crippen LogP contribution in [0.25, 0.3) is 0 Å². The zero-order valence-corrected chi connectivity index (χ0v) is 10.1. The number of halogens is 1. The SMILES string of the molecule is Clc1ccc2c(c1)NCCC2c1ccncc1. The Bertz CT molecular complexity index is 525. The molecule has 3 heteroatoms. The summed E-state index contributed by atoms with van der Waals surface area (Å²) >= 11 is 6.02. The van der Waals surface area contributed by atoms with Crippen LogP contribution in [-0.4, -0.2) is 11.5 Å². The molecule has 0 saturated carbocycles. The van der Waals surface area contributed by atoms with E-state index in [0.29, 0.717) is 5.92 Å². The van der Waals surface area contributed by atoms with Crippen molar-refractivity contribution in [3.63, 3.8) is 0 Å². The molecule has 1 atom stereocenters. The van der Waals surface area contributed by atoms with Crippen LogP contribution in [0, 0.1) is 0 Å². The molecule has 0 bridgehead atoms. The number of pyridine rings is 1. The molecular weight excluding hydrogens is 232 g/mol. The fourth-order valence-corrected chi connectivity index (χ4v) is 2.61. The van der Waals surface area contributed by atoms with Gasteiger partial charge in [-0.25, -0.2) is 0 Å². The first-order valence-corrected chi connectivity index (χ1v) is 6.15. The molecule has 0 spiro atoms. The lowest BCUT2D eigenvalue weighted by Gasteiger charge is -2.27. The third kappa shape index (κ3) is 2.01. The van der Waals surface area contributed by atoms with Gasteiger partial charge in [0.1, 0.15) is 0 Å². The van der Waals surface area contributed by atoms with Crippen LogP contribution in [0.15, 0.2) is 42.7 Å². The predicted octanol–water partition coefficient (Wildman–Crippen LogP) is 3.68. The Hall–Kier alpha value is -1.54. The van der Waals surface area contributed by atoms with E-state index in [4.69, 9.17) is 11.6 Å².